The summed E-state index contributed by atoms with van der Waals surface area (Å²) < 4.78 is 0. The van der Waals surface area contributed by atoms with Gasteiger partial charge in [-0.25, -0.2) is 9.59 Å². The molecule has 0 spiro atoms. The fraction of sp³-hybridized carbons (Fsp3) is 0.333. The van der Waals surface area contributed by atoms with Gasteiger partial charge >= 0.3 is 12.0 Å². The number of hydrogen-bond donors (Lipinski definition) is 3. The lowest BCUT2D eigenvalue weighted by atomic mass is 10.2. The normalized spacial score (nSPS) is 9.89. The van der Waals surface area contributed by atoms with E-state index in [1.165, 1.54) is 18.2 Å². The second-order valence-corrected chi connectivity index (χ2v) is 4.14. The minimum Gasteiger partial charge on any atom is -0.478 e. The number of anilines is 1. The number of aromatic carboxylic acids is 1. The predicted octanol–water partition coefficient (Wildman–Crippen LogP) is 2.96. The van der Waals surface area contributed by atoms with Crippen LogP contribution in [-0.2, 0) is 0 Å². The van der Waals surface area contributed by atoms with Crippen LogP contribution in [0.4, 0.5) is 10.5 Å². The van der Waals surface area contributed by atoms with Gasteiger partial charge in [0, 0.05) is 6.54 Å². The van der Waals surface area contributed by atoms with Gasteiger partial charge in [0.25, 0.3) is 0 Å². The molecular weight excluding hydrogens is 256 g/mol. The third kappa shape index (κ3) is 4.25. The summed E-state index contributed by atoms with van der Waals surface area (Å²) in [5.41, 5.74) is 0.355. The second kappa shape index (κ2) is 6.86. The number of benzene rings is 1. The van der Waals surface area contributed by atoms with E-state index in [9.17, 15) is 9.59 Å². The van der Waals surface area contributed by atoms with E-state index in [2.05, 4.69) is 10.6 Å². The first-order chi connectivity index (χ1) is 8.54. The summed E-state index contributed by atoms with van der Waals surface area (Å²) >= 11 is 5.87. The molecule has 0 bridgehead atoms. The highest BCUT2D eigenvalue weighted by molar-refractivity contribution is 6.33. The summed E-state index contributed by atoms with van der Waals surface area (Å²) in [6.07, 6.45) is 1.87. The smallest absolute Gasteiger partial charge is 0.335 e. The van der Waals surface area contributed by atoms with Crippen LogP contribution < -0.4 is 10.6 Å². The first-order valence-corrected chi connectivity index (χ1v) is 6.00. The average Bonchev–Trinajstić information content (AvgIpc) is 2.32. The van der Waals surface area contributed by atoms with Crippen LogP contribution in [0.5, 0.6) is 0 Å². The molecule has 1 aromatic carbocycles. The maximum Gasteiger partial charge on any atom is 0.335 e. The molecule has 0 aliphatic rings. The van der Waals surface area contributed by atoms with E-state index in [1.807, 2.05) is 6.92 Å². The van der Waals surface area contributed by atoms with Gasteiger partial charge in [0.1, 0.15) is 0 Å². The van der Waals surface area contributed by atoms with Crippen molar-refractivity contribution in [3.8, 4) is 0 Å². The minimum atomic E-state index is -1.07. The molecule has 6 heteroatoms. The average molecular weight is 271 g/mol. The zero-order chi connectivity index (χ0) is 13.5. The molecule has 3 N–H and O–H groups in total. The van der Waals surface area contributed by atoms with E-state index in [0.29, 0.717) is 11.6 Å². The molecule has 0 heterocycles. The fourth-order valence-electron chi connectivity index (χ4n) is 1.30. The summed E-state index contributed by atoms with van der Waals surface area (Å²) in [5, 5.41) is 14.3. The van der Waals surface area contributed by atoms with Gasteiger partial charge in [0.2, 0.25) is 0 Å². The van der Waals surface area contributed by atoms with E-state index >= 15 is 0 Å². The van der Waals surface area contributed by atoms with Gasteiger partial charge < -0.3 is 15.7 Å². The van der Waals surface area contributed by atoms with Crippen molar-refractivity contribution in [2.24, 2.45) is 0 Å². The lowest BCUT2D eigenvalue weighted by molar-refractivity contribution is 0.0697. The zero-order valence-electron chi connectivity index (χ0n) is 10.00. The van der Waals surface area contributed by atoms with Crippen LogP contribution >= 0.6 is 11.6 Å². The monoisotopic (exact) mass is 270 g/mol. The van der Waals surface area contributed by atoms with Gasteiger partial charge in [-0.05, 0) is 24.6 Å². The number of carbonyl (C=O) groups is 2. The number of rotatable bonds is 5. The summed E-state index contributed by atoms with van der Waals surface area (Å²) in [7, 11) is 0. The van der Waals surface area contributed by atoms with E-state index in [4.69, 9.17) is 16.7 Å². The van der Waals surface area contributed by atoms with Crippen molar-refractivity contribution < 1.29 is 14.7 Å². The molecule has 0 radical (unpaired) electrons. The standard InChI is InChI=1S/C12H15ClN2O3/c1-2-3-6-14-12(18)15-10-7-8(11(16)17)4-5-9(10)13/h4-5,7H,2-3,6H2,1H3,(H,16,17)(H2,14,15,18). The van der Waals surface area contributed by atoms with Crippen molar-refractivity contribution in [1.82, 2.24) is 5.32 Å². The summed E-state index contributed by atoms with van der Waals surface area (Å²) in [4.78, 5) is 22.3. The summed E-state index contributed by atoms with van der Waals surface area (Å²) in [6.45, 7) is 2.59. The van der Waals surface area contributed by atoms with Crippen LogP contribution in [0, 0.1) is 0 Å². The quantitative estimate of drug-likeness (QED) is 0.720. The third-order valence-corrected chi connectivity index (χ3v) is 2.61. The molecule has 0 fully saturated rings. The SMILES string of the molecule is CCCCNC(=O)Nc1cc(C(=O)O)ccc1Cl. The lowest BCUT2D eigenvalue weighted by Crippen LogP contribution is -2.29. The Bertz CT molecular complexity index is 449. The molecule has 5 nitrogen and oxygen atoms in total. The van der Waals surface area contributed by atoms with E-state index in [1.54, 1.807) is 0 Å². The topological polar surface area (TPSA) is 78.4 Å². The first kappa shape index (κ1) is 14.3. The van der Waals surface area contributed by atoms with Crippen molar-refractivity contribution in [2.45, 2.75) is 19.8 Å². The number of nitrogens with one attached hydrogen (secondary N) is 2. The van der Waals surface area contributed by atoms with Gasteiger partial charge in [0.05, 0.1) is 16.3 Å². The molecule has 0 atom stereocenters. The Morgan fingerprint density at radius 3 is 2.72 bits per heavy atom. The predicted molar refractivity (Wildman–Crippen MR) is 70.3 cm³/mol. The Balaban J connectivity index is 2.68. The number of urea groups is 1. The zero-order valence-corrected chi connectivity index (χ0v) is 10.8. The number of amides is 2. The van der Waals surface area contributed by atoms with Crippen LogP contribution in [0.2, 0.25) is 5.02 Å². The molecule has 0 saturated heterocycles. The molecule has 0 aliphatic heterocycles. The third-order valence-electron chi connectivity index (χ3n) is 2.28. The van der Waals surface area contributed by atoms with Crippen LogP contribution in [0.1, 0.15) is 30.1 Å². The highest BCUT2D eigenvalue weighted by Crippen LogP contribution is 2.22. The molecule has 98 valence electrons. The van der Waals surface area contributed by atoms with Gasteiger partial charge in [0.15, 0.2) is 0 Å². The van der Waals surface area contributed by atoms with Crippen LogP contribution in [0.15, 0.2) is 18.2 Å². The van der Waals surface area contributed by atoms with Crippen molar-refractivity contribution in [3.63, 3.8) is 0 Å². The number of carboxylic acids is 1. The molecule has 1 aromatic rings. The molecule has 0 saturated carbocycles. The molecule has 2 amide bonds. The van der Waals surface area contributed by atoms with Crippen LogP contribution in [0.3, 0.4) is 0 Å². The summed E-state index contributed by atoms with van der Waals surface area (Å²) in [5.74, 6) is -1.07. The van der Waals surface area contributed by atoms with Crippen molar-refractivity contribution in [1.29, 1.82) is 0 Å². The highest BCUT2D eigenvalue weighted by Gasteiger charge is 2.09. The molecule has 18 heavy (non-hydrogen) atoms. The van der Waals surface area contributed by atoms with E-state index < -0.39 is 12.0 Å². The Morgan fingerprint density at radius 2 is 2.11 bits per heavy atom. The van der Waals surface area contributed by atoms with Crippen molar-refractivity contribution in [2.75, 3.05) is 11.9 Å². The summed E-state index contributed by atoms with van der Waals surface area (Å²) in [6, 6.07) is 3.74. The maximum atomic E-state index is 11.5. The Kier molecular flexibility index (Phi) is 5.45. The largest absolute Gasteiger partial charge is 0.478 e. The molecule has 0 aromatic heterocycles. The minimum absolute atomic E-state index is 0.0725. The van der Waals surface area contributed by atoms with Crippen molar-refractivity contribution in [3.05, 3.63) is 28.8 Å². The van der Waals surface area contributed by atoms with Crippen LogP contribution in [0.25, 0.3) is 0 Å². The van der Waals surface area contributed by atoms with Gasteiger partial charge in [-0.2, -0.15) is 0 Å². The van der Waals surface area contributed by atoms with E-state index in [0.717, 1.165) is 12.8 Å². The Morgan fingerprint density at radius 1 is 1.39 bits per heavy atom. The lowest BCUT2D eigenvalue weighted by Gasteiger charge is -2.09. The van der Waals surface area contributed by atoms with Crippen molar-refractivity contribution >= 4 is 29.3 Å². The van der Waals surface area contributed by atoms with Gasteiger partial charge in [-0.1, -0.05) is 24.9 Å². The number of unbranched alkanes of at least 4 members (excludes halogenated alkanes) is 1. The van der Waals surface area contributed by atoms with Gasteiger partial charge in [-0.3, -0.25) is 0 Å². The fourth-order valence-corrected chi connectivity index (χ4v) is 1.46. The number of halogens is 1. The first-order valence-electron chi connectivity index (χ1n) is 5.62. The maximum absolute atomic E-state index is 11.5. The Hall–Kier alpha value is -1.75. The Labute approximate surface area is 110 Å². The van der Waals surface area contributed by atoms with E-state index in [-0.39, 0.29) is 11.3 Å². The second-order valence-electron chi connectivity index (χ2n) is 3.73. The van der Waals surface area contributed by atoms with Crippen LogP contribution in [-0.4, -0.2) is 23.7 Å². The molecular formula is C12H15ClN2O3. The number of carbonyl (C=O) groups excluding carboxylic acids is 1. The highest BCUT2D eigenvalue weighted by atomic mass is 35.5. The molecule has 1 rings (SSSR count). The molecule has 0 unspecified atom stereocenters. The molecule has 0 aliphatic carbocycles. The number of carboxylic acid groups (broad SMARTS) is 1. The van der Waals surface area contributed by atoms with Gasteiger partial charge in [-0.15, -0.1) is 0 Å². The number of hydrogen-bond acceptors (Lipinski definition) is 2.